The molecule has 0 bridgehead atoms. The van der Waals surface area contributed by atoms with Crippen LogP contribution in [0.2, 0.25) is 0 Å². The van der Waals surface area contributed by atoms with E-state index in [-0.39, 0.29) is 0 Å². The maximum Gasteiger partial charge on any atom is 0.377 e. The molecule has 0 atom stereocenters. The highest BCUT2D eigenvalue weighted by Crippen LogP contribution is 1.45. The highest BCUT2D eigenvalue weighted by Gasteiger charge is 1.79. The molecule has 0 aromatic carbocycles. The second kappa shape index (κ2) is 2.03. The Morgan fingerprint density at radius 2 is 2.50 bits per heavy atom. The highest BCUT2D eigenvalue weighted by molar-refractivity contribution is 5.69. The predicted octanol–water partition coefficient (Wildman–Crippen LogP) is -2.27. The van der Waals surface area contributed by atoms with Gasteiger partial charge in [-0.15, -0.1) is 0 Å². The molecule has 0 aliphatic rings. The summed E-state index contributed by atoms with van der Waals surface area (Å²) in [5.41, 5.74) is 0. The van der Waals surface area contributed by atoms with Crippen LogP contribution in [-0.2, 0) is 0 Å². The molecule has 2 N–H and O–H groups in total. The minimum atomic E-state index is -0.493. The zero-order chi connectivity index (χ0) is 4.99. The van der Waals surface area contributed by atoms with Crippen molar-refractivity contribution in [1.29, 1.82) is 0 Å². The molecule has 32 valence electrons. The van der Waals surface area contributed by atoms with E-state index in [9.17, 15) is 5.21 Å². The van der Waals surface area contributed by atoms with Crippen molar-refractivity contribution in [2.75, 3.05) is 0 Å². The van der Waals surface area contributed by atoms with Gasteiger partial charge in [0, 0.05) is 0 Å². The van der Waals surface area contributed by atoms with Crippen molar-refractivity contribution in [2.45, 2.75) is 0 Å². The number of nitrogens with one attached hydrogen (secondary N) is 1. The zero-order valence-electron chi connectivity index (χ0n) is 2.88. The summed E-state index contributed by atoms with van der Waals surface area (Å²) in [6.07, 6.45) is 0.542. The number of hydrogen-bond donors (Lipinski definition) is 2. The van der Waals surface area contributed by atoms with Gasteiger partial charge in [0.1, 0.15) is 0 Å². The van der Waals surface area contributed by atoms with E-state index in [2.05, 4.69) is 0 Å². The summed E-state index contributed by atoms with van der Waals surface area (Å²) >= 11 is 0. The molecule has 0 aromatic heterocycles. The van der Waals surface area contributed by atoms with E-state index < -0.39 is 4.90 Å². The van der Waals surface area contributed by atoms with E-state index >= 15 is 0 Å². The van der Waals surface area contributed by atoms with Crippen LogP contribution in [0.25, 0.3) is 0 Å². The van der Waals surface area contributed by atoms with Gasteiger partial charge in [-0.2, -0.15) is 0 Å². The molecule has 0 aliphatic carbocycles. The molecule has 0 aliphatic heterocycles. The first-order valence-corrected chi connectivity index (χ1v) is 1.18. The van der Waals surface area contributed by atoms with Crippen molar-refractivity contribution in [1.82, 2.24) is 0 Å². The smallest absolute Gasteiger partial charge is 0.377 e. The van der Waals surface area contributed by atoms with Crippen LogP contribution < -0.4 is 5.26 Å². The second-order valence-electron chi connectivity index (χ2n) is 0.576. The average Bonchev–Trinajstić information content (AvgIpc) is 1.35. The third-order valence-electron chi connectivity index (χ3n) is 0.175. The minimum Gasteiger partial charge on any atom is -0.417 e. The number of nitrogens with zero attached hydrogens (tertiary/aromatic N) is 1. The van der Waals surface area contributed by atoms with Gasteiger partial charge >= 0.3 is 12.3 Å². The lowest BCUT2D eigenvalue weighted by molar-refractivity contribution is -0.722. The normalized spacial score (nSPS) is 10.2. The average molecular weight is 87.1 g/mol. The van der Waals surface area contributed by atoms with Crippen LogP contribution in [0.4, 0.5) is 0 Å². The molecule has 0 unspecified atom stereocenters. The maximum atomic E-state index is 9.28. The lowest BCUT2D eigenvalue weighted by Gasteiger charge is -1.72. The van der Waals surface area contributed by atoms with Gasteiger partial charge < -0.3 is 5.21 Å². The van der Waals surface area contributed by atoms with Crippen molar-refractivity contribution in [2.24, 2.45) is 0 Å². The van der Waals surface area contributed by atoms with E-state index in [4.69, 9.17) is 10.5 Å². The van der Waals surface area contributed by atoms with E-state index in [1.165, 1.54) is 0 Å². The summed E-state index contributed by atoms with van der Waals surface area (Å²) in [7, 11) is 0. The third kappa shape index (κ3) is 2.76. The SMILES string of the molecule is [NH+]#CC=[N+]([O-])O. The number of rotatable bonds is 0. The van der Waals surface area contributed by atoms with E-state index in [1.807, 2.05) is 0 Å². The van der Waals surface area contributed by atoms with E-state index in [1.54, 1.807) is 6.07 Å². The van der Waals surface area contributed by atoms with Crippen LogP contribution in [0, 0.1) is 11.3 Å². The van der Waals surface area contributed by atoms with Gasteiger partial charge in [0.25, 0.3) is 0 Å². The summed E-state index contributed by atoms with van der Waals surface area (Å²) in [6, 6.07) is 1.56. The zero-order valence-corrected chi connectivity index (χ0v) is 2.88. The van der Waals surface area contributed by atoms with Crippen LogP contribution >= 0.6 is 0 Å². The Bertz CT molecular complexity index is 96.6. The molecule has 0 amide bonds. The van der Waals surface area contributed by atoms with Crippen LogP contribution in [-0.4, -0.2) is 16.3 Å². The lowest BCUT2D eigenvalue weighted by Crippen LogP contribution is -2.18. The molecule has 0 rings (SSSR count). The van der Waals surface area contributed by atoms with Gasteiger partial charge in [-0.3, -0.25) is 5.21 Å². The summed E-state index contributed by atoms with van der Waals surface area (Å²) in [6.45, 7) is 0. The maximum absolute atomic E-state index is 9.28. The van der Waals surface area contributed by atoms with Gasteiger partial charge in [0.15, 0.2) is 0 Å². The van der Waals surface area contributed by atoms with Crippen molar-refractivity contribution < 1.29 is 15.4 Å². The fourth-order valence-corrected chi connectivity index (χ4v) is 0.0552. The molecule has 0 spiro atoms. The topological polar surface area (TPSA) is 70.1 Å². The molecule has 0 fully saturated rings. The largest absolute Gasteiger partial charge is 0.417 e. The Kier molecular flexibility index (Phi) is 1.61. The summed E-state index contributed by atoms with van der Waals surface area (Å²) in [5, 5.41) is 22.9. The second-order valence-corrected chi connectivity index (χ2v) is 0.576. The molecule has 0 saturated carbocycles. The Morgan fingerprint density at radius 3 is 2.50 bits per heavy atom. The summed E-state index contributed by atoms with van der Waals surface area (Å²) in [4.78, 5) is -0.493. The Labute approximate surface area is 34.1 Å². The van der Waals surface area contributed by atoms with Crippen molar-refractivity contribution in [3.63, 3.8) is 0 Å². The van der Waals surface area contributed by atoms with Crippen molar-refractivity contribution in [3.8, 4) is 6.07 Å². The quantitative estimate of drug-likeness (QED) is 0.151. The molecule has 0 radical (unpaired) electrons. The summed E-state index contributed by atoms with van der Waals surface area (Å²) < 4.78 is 0. The van der Waals surface area contributed by atoms with Gasteiger partial charge in [-0.05, 0) is 0 Å². The molecular weight excluding hydrogens is 84.0 g/mol. The lowest BCUT2D eigenvalue weighted by atomic mass is 10.9. The number of hydrogen-bond acceptors (Lipinski definition) is 2. The molecule has 0 heterocycles. The monoisotopic (exact) mass is 87.0 g/mol. The summed E-state index contributed by atoms with van der Waals surface area (Å²) in [5.74, 6) is 0. The molecule has 6 heavy (non-hydrogen) atoms. The molecule has 0 aromatic rings. The molecule has 4 nitrogen and oxygen atoms in total. The van der Waals surface area contributed by atoms with Crippen LogP contribution in [0.1, 0.15) is 0 Å². The molecule has 4 heteroatoms. The third-order valence-corrected chi connectivity index (χ3v) is 0.175. The van der Waals surface area contributed by atoms with E-state index in [0.29, 0.717) is 6.21 Å². The van der Waals surface area contributed by atoms with Crippen molar-refractivity contribution >= 4 is 6.21 Å². The fourth-order valence-electron chi connectivity index (χ4n) is 0.0552. The highest BCUT2D eigenvalue weighted by atomic mass is 16.8. The van der Waals surface area contributed by atoms with Crippen LogP contribution in [0.15, 0.2) is 0 Å². The molecule has 0 saturated heterocycles. The standard InChI is InChI=1S/C2H2N2O2/c3-1-2-4(5)6/h2H,(H,5,6)/p+1. The van der Waals surface area contributed by atoms with Crippen molar-refractivity contribution in [3.05, 3.63) is 5.21 Å². The van der Waals surface area contributed by atoms with Gasteiger partial charge in [0.2, 0.25) is 0 Å². The fraction of sp³-hybridized carbons (Fsp3) is 0. The Morgan fingerprint density at radius 1 is 2.00 bits per heavy atom. The minimum absolute atomic E-state index is 0.493. The predicted molar refractivity (Wildman–Crippen MR) is 16.3 cm³/mol. The first-order chi connectivity index (χ1) is 2.77. The Balaban J connectivity index is 3.51. The van der Waals surface area contributed by atoms with E-state index in [0.717, 1.165) is 0 Å². The van der Waals surface area contributed by atoms with Crippen LogP contribution in [0.5, 0.6) is 0 Å². The van der Waals surface area contributed by atoms with Gasteiger partial charge in [0.05, 0.1) is 4.90 Å². The van der Waals surface area contributed by atoms with Gasteiger partial charge in [-0.25, -0.2) is 0 Å². The molecular formula is C2H3N2O2+. The first-order valence-electron chi connectivity index (χ1n) is 1.18. The van der Waals surface area contributed by atoms with Gasteiger partial charge in [-0.1, -0.05) is 5.26 Å². The Hall–Kier alpha value is -1.24. The first kappa shape index (κ1) is 4.76. The van der Waals surface area contributed by atoms with Crippen LogP contribution in [0.3, 0.4) is 0 Å².